The third kappa shape index (κ3) is 5.48. The van der Waals surface area contributed by atoms with Gasteiger partial charge in [-0.15, -0.1) is 0 Å². The molecule has 27 heavy (non-hydrogen) atoms. The van der Waals surface area contributed by atoms with Crippen molar-refractivity contribution in [2.45, 2.75) is 19.2 Å². The predicted molar refractivity (Wildman–Crippen MR) is 104 cm³/mol. The molecule has 0 saturated heterocycles. The van der Waals surface area contributed by atoms with Crippen LogP contribution in [0.2, 0.25) is 5.02 Å². The molecule has 1 atom stereocenters. The van der Waals surface area contributed by atoms with Crippen molar-refractivity contribution >= 4 is 28.3 Å². The van der Waals surface area contributed by atoms with Crippen molar-refractivity contribution < 1.29 is 13.4 Å². The Hall–Kier alpha value is -2.51. The number of nitrogens with one attached hydrogen (secondary N) is 1. The Morgan fingerprint density at radius 3 is 2.70 bits per heavy atom. The van der Waals surface area contributed by atoms with E-state index in [1.54, 1.807) is 43.5 Å². The highest BCUT2D eigenvalue weighted by molar-refractivity contribution is 7.84. The number of carbonyl (C=O) groups is 1. The number of nitrogens with zero attached hydrogens (tertiary/aromatic N) is 2. The summed E-state index contributed by atoms with van der Waals surface area (Å²) >= 11 is 5.88. The average Bonchev–Trinajstić information content (AvgIpc) is 3.02. The summed E-state index contributed by atoms with van der Waals surface area (Å²) in [5, 5.41) is 3.34. The smallest absolute Gasteiger partial charge is 0.232 e. The summed E-state index contributed by atoms with van der Waals surface area (Å²) in [6, 6.07) is 12.6. The molecule has 3 aromatic rings. The normalized spacial score (nSPS) is 11.9. The zero-order chi connectivity index (χ0) is 19.2. The van der Waals surface area contributed by atoms with Crippen LogP contribution in [0.15, 0.2) is 53.1 Å². The number of carbonyl (C=O) groups excluding carboxylic acids is 1. The van der Waals surface area contributed by atoms with E-state index in [0.29, 0.717) is 28.9 Å². The summed E-state index contributed by atoms with van der Waals surface area (Å²) in [4.78, 5) is 20.5. The molecule has 2 aromatic heterocycles. The van der Waals surface area contributed by atoms with Crippen LogP contribution in [0.1, 0.15) is 17.1 Å². The van der Waals surface area contributed by atoms with E-state index in [1.807, 2.05) is 12.1 Å². The molecule has 0 spiro atoms. The van der Waals surface area contributed by atoms with E-state index in [2.05, 4.69) is 15.3 Å². The Kier molecular flexibility index (Phi) is 6.36. The van der Waals surface area contributed by atoms with Gasteiger partial charge in [0, 0.05) is 27.6 Å². The van der Waals surface area contributed by atoms with Gasteiger partial charge in [-0.2, -0.15) is 0 Å². The Labute approximate surface area is 164 Å². The van der Waals surface area contributed by atoms with Crippen LogP contribution in [0, 0.1) is 6.92 Å². The Morgan fingerprint density at radius 2 is 2.00 bits per heavy atom. The highest BCUT2D eigenvalue weighted by Gasteiger charge is 2.16. The fourth-order valence-corrected chi connectivity index (χ4v) is 3.57. The summed E-state index contributed by atoms with van der Waals surface area (Å²) in [7, 11) is -1.39. The first kappa shape index (κ1) is 19.3. The third-order valence-corrected chi connectivity index (χ3v) is 5.20. The van der Waals surface area contributed by atoms with Crippen LogP contribution in [0.3, 0.4) is 0 Å². The molecule has 1 N–H and O–H groups in total. The van der Waals surface area contributed by atoms with Crippen molar-refractivity contribution in [1.29, 1.82) is 0 Å². The first-order chi connectivity index (χ1) is 13.0. The zero-order valence-electron chi connectivity index (χ0n) is 14.6. The second-order valence-electron chi connectivity index (χ2n) is 5.86. The molecule has 1 aromatic carbocycles. The topological polar surface area (TPSA) is 85.1 Å². The van der Waals surface area contributed by atoms with Crippen LogP contribution in [0.5, 0.6) is 0 Å². The van der Waals surface area contributed by atoms with Gasteiger partial charge in [0.2, 0.25) is 11.8 Å². The van der Waals surface area contributed by atoms with E-state index < -0.39 is 10.8 Å². The second-order valence-corrected chi connectivity index (χ2v) is 7.75. The SMILES string of the molecule is Cc1oc(-c2ccc(Cl)cc2)nc1C[S@](=O)CC(=O)NCc1ccccn1. The monoisotopic (exact) mass is 403 g/mol. The fourth-order valence-electron chi connectivity index (χ4n) is 2.37. The molecule has 0 unspecified atom stereocenters. The molecule has 8 heteroatoms. The second kappa shape index (κ2) is 8.92. The van der Waals surface area contributed by atoms with E-state index >= 15 is 0 Å². The molecule has 3 rings (SSSR count). The van der Waals surface area contributed by atoms with Crippen molar-refractivity contribution in [3.05, 3.63) is 70.8 Å². The number of hydrogen-bond acceptors (Lipinski definition) is 5. The van der Waals surface area contributed by atoms with Crippen LogP contribution in [-0.4, -0.2) is 25.8 Å². The van der Waals surface area contributed by atoms with Gasteiger partial charge in [0.1, 0.15) is 11.5 Å². The minimum absolute atomic E-state index is 0.102. The predicted octanol–water partition coefficient (Wildman–Crippen LogP) is 3.26. The molecule has 6 nitrogen and oxygen atoms in total. The van der Waals surface area contributed by atoms with E-state index in [9.17, 15) is 9.00 Å². The van der Waals surface area contributed by atoms with Gasteiger partial charge in [0.05, 0.1) is 23.7 Å². The summed E-state index contributed by atoms with van der Waals surface area (Å²) in [5.74, 6) is 0.783. The maximum absolute atomic E-state index is 12.3. The fraction of sp³-hybridized carbons (Fsp3) is 0.211. The van der Waals surface area contributed by atoms with Gasteiger partial charge in [-0.1, -0.05) is 17.7 Å². The van der Waals surface area contributed by atoms with Crippen molar-refractivity contribution in [3.8, 4) is 11.5 Å². The molecule has 1 amide bonds. The summed E-state index contributed by atoms with van der Waals surface area (Å²) in [6.45, 7) is 2.07. The molecule has 0 bridgehead atoms. The number of aryl methyl sites for hydroxylation is 1. The van der Waals surface area contributed by atoms with E-state index in [4.69, 9.17) is 16.0 Å². The number of hydrogen-bond donors (Lipinski definition) is 1. The molecule has 0 aliphatic heterocycles. The number of benzene rings is 1. The standard InChI is InChI=1S/C19H18ClN3O3S/c1-13-17(23-19(26-13)14-5-7-15(20)8-6-14)11-27(25)12-18(24)22-10-16-4-2-3-9-21-16/h2-9H,10-12H2,1H3,(H,22,24)/t27-/m0/s1. The van der Waals surface area contributed by atoms with Gasteiger partial charge in [0.25, 0.3) is 0 Å². The van der Waals surface area contributed by atoms with Crippen LogP contribution in [0.4, 0.5) is 0 Å². The number of aromatic nitrogens is 2. The maximum atomic E-state index is 12.3. The van der Waals surface area contributed by atoms with Crippen molar-refractivity contribution in [1.82, 2.24) is 15.3 Å². The molecular formula is C19H18ClN3O3S. The lowest BCUT2D eigenvalue weighted by Gasteiger charge is -2.04. The molecular weight excluding hydrogens is 386 g/mol. The number of halogens is 1. The lowest BCUT2D eigenvalue weighted by atomic mass is 10.2. The van der Waals surface area contributed by atoms with Crippen LogP contribution < -0.4 is 5.32 Å². The zero-order valence-corrected chi connectivity index (χ0v) is 16.2. The Morgan fingerprint density at radius 1 is 1.22 bits per heavy atom. The van der Waals surface area contributed by atoms with E-state index in [-0.39, 0.29) is 17.4 Å². The maximum Gasteiger partial charge on any atom is 0.232 e. The van der Waals surface area contributed by atoms with Gasteiger partial charge in [-0.05, 0) is 43.3 Å². The van der Waals surface area contributed by atoms with Crippen LogP contribution >= 0.6 is 11.6 Å². The Bertz CT molecular complexity index is 943. The molecule has 140 valence electrons. The lowest BCUT2D eigenvalue weighted by Crippen LogP contribution is -2.28. The quantitative estimate of drug-likeness (QED) is 0.654. The number of oxazole rings is 1. The van der Waals surface area contributed by atoms with Crippen molar-refractivity contribution in [2.75, 3.05) is 5.75 Å². The molecule has 0 saturated carbocycles. The van der Waals surface area contributed by atoms with Crippen LogP contribution in [0.25, 0.3) is 11.5 Å². The Balaban J connectivity index is 1.56. The number of amides is 1. The molecule has 0 aliphatic carbocycles. The van der Waals surface area contributed by atoms with Gasteiger partial charge in [-0.25, -0.2) is 4.98 Å². The van der Waals surface area contributed by atoms with E-state index in [1.165, 1.54) is 0 Å². The third-order valence-electron chi connectivity index (χ3n) is 3.77. The molecule has 0 aliphatic rings. The van der Waals surface area contributed by atoms with Gasteiger partial charge in [-0.3, -0.25) is 14.0 Å². The minimum atomic E-state index is -1.39. The first-order valence-corrected chi connectivity index (χ1v) is 10.1. The van der Waals surface area contributed by atoms with Crippen LogP contribution in [-0.2, 0) is 27.9 Å². The largest absolute Gasteiger partial charge is 0.441 e. The van der Waals surface area contributed by atoms with Gasteiger partial charge >= 0.3 is 0 Å². The molecule has 0 radical (unpaired) electrons. The molecule has 2 heterocycles. The van der Waals surface area contributed by atoms with Crippen molar-refractivity contribution in [3.63, 3.8) is 0 Å². The van der Waals surface area contributed by atoms with Crippen molar-refractivity contribution in [2.24, 2.45) is 0 Å². The van der Waals surface area contributed by atoms with Gasteiger partial charge in [0.15, 0.2) is 0 Å². The van der Waals surface area contributed by atoms with Gasteiger partial charge < -0.3 is 9.73 Å². The highest BCUT2D eigenvalue weighted by Crippen LogP contribution is 2.24. The van der Waals surface area contributed by atoms with E-state index in [0.717, 1.165) is 11.3 Å². The summed E-state index contributed by atoms with van der Waals surface area (Å²) in [5.41, 5.74) is 2.11. The number of pyridine rings is 1. The minimum Gasteiger partial charge on any atom is -0.441 e. The summed E-state index contributed by atoms with van der Waals surface area (Å²) in [6.07, 6.45) is 1.66. The highest BCUT2D eigenvalue weighted by atomic mass is 35.5. The molecule has 0 fully saturated rings. The first-order valence-electron chi connectivity index (χ1n) is 8.25. The summed E-state index contributed by atoms with van der Waals surface area (Å²) < 4.78 is 18.0. The number of rotatable bonds is 7. The average molecular weight is 404 g/mol. The lowest BCUT2D eigenvalue weighted by molar-refractivity contribution is -0.118.